The fraction of sp³-hybridized carbons (Fsp3) is 0.368. The summed E-state index contributed by atoms with van der Waals surface area (Å²) in [5.41, 5.74) is 7.32. The predicted octanol–water partition coefficient (Wildman–Crippen LogP) is 4.59. The first kappa shape index (κ1) is 13.2. The van der Waals surface area contributed by atoms with Crippen LogP contribution in [0.25, 0.3) is 0 Å². The standard InChI is InChI=1S/C19H23N/c1-2-7-17-13-16(12-15-8-4-3-5-9-15)14-18-10-6-11-20-19(17)18/h3-5,8-9,13-14,20H,2,6-7,10-12H2,1H3. The van der Waals surface area contributed by atoms with E-state index < -0.39 is 0 Å². The number of fused-ring (bicyclic) bond motifs is 1. The minimum absolute atomic E-state index is 1.05. The second-order valence-electron chi connectivity index (χ2n) is 5.73. The molecule has 0 atom stereocenters. The molecular formula is C19H23N. The maximum atomic E-state index is 3.61. The second-order valence-corrected chi connectivity index (χ2v) is 5.73. The third-order valence-electron chi connectivity index (χ3n) is 4.06. The van der Waals surface area contributed by atoms with Gasteiger partial charge in [0.15, 0.2) is 0 Å². The van der Waals surface area contributed by atoms with Gasteiger partial charge in [-0.1, -0.05) is 55.8 Å². The van der Waals surface area contributed by atoms with Crippen molar-refractivity contribution >= 4 is 5.69 Å². The summed E-state index contributed by atoms with van der Waals surface area (Å²) in [4.78, 5) is 0. The van der Waals surface area contributed by atoms with E-state index in [2.05, 4.69) is 54.7 Å². The van der Waals surface area contributed by atoms with Gasteiger partial charge in [0, 0.05) is 12.2 Å². The Bertz CT molecular complexity index is 572. The van der Waals surface area contributed by atoms with Gasteiger partial charge in [-0.05, 0) is 47.9 Å². The summed E-state index contributed by atoms with van der Waals surface area (Å²) in [5, 5.41) is 3.61. The molecule has 1 heterocycles. The van der Waals surface area contributed by atoms with Crippen molar-refractivity contribution in [2.45, 2.75) is 39.0 Å². The van der Waals surface area contributed by atoms with Gasteiger partial charge in [0.2, 0.25) is 0 Å². The number of rotatable bonds is 4. The Morgan fingerprint density at radius 1 is 1.05 bits per heavy atom. The molecule has 0 unspecified atom stereocenters. The first-order chi connectivity index (χ1) is 9.86. The normalized spacial score (nSPS) is 13.7. The molecule has 3 rings (SSSR count). The van der Waals surface area contributed by atoms with Crippen molar-refractivity contribution < 1.29 is 0 Å². The molecule has 0 aromatic heterocycles. The molecule has 0 saturated carbocycles. The molecule has 0 bridgehead atoms. The fourth-order valence-electron chi connectivity index (χ4n) is 3.16. The molecule has 0 amide bonds. The smallest absolute Gasteiger partial charge is 0.0405 e. The van der Waals surface area contributed by atoms with E-state index in [-0.39, 0.29) is 0 Å². The van der Waals surface area contributed by atoms with E-state index in [0.717, 1.165) is 13.0 Å². The summed E-state index contributed by atoms with van der Waals surface area (Å²) >= 11 is 0. The predicted molar refractivity (Wildman–Crippen MR) is 86.5 cm³/mol. The van der Waals surface area contributed by atoms with Gasteiger partial charge in [-0.3, -0.25) is 0 Å². The first-order valence-electron chi connectivity index (χ1n) is 7.79. The highest BCUT2D eigenvalue weighted by Gasteiger charge is 2.14. The van der Waals surface area contributed by atoms with Gasteiger partial charge in [0.05, 0.1) is 0 Å². The highest BCUT2D eigenvalue weighted by Crippen LogP contribution is 2.29. The zero-order valence-corrected chi connectivity index (χ0v) is 12.3. The summed E-state index contributed by atoms with van der Waals surface area (Å²) in [6.07, 6.45) is 5.92. The van der Waals surface area contributed by atoms with Crippen LogP contribution < -0.4 is 5.32 Å². The van der Waals surface area contributed by atoms with Crippen LogP contribution in [0, 0.1) is 0 Å². The molecule has 104 valence electrons. The second kappa shape index (κ2) is 6.13. The molecule has 0 aliphatic carbocycles. The molecule has 0 spiro atoms. The third kappa shape index (κ3) is 2.87. The van der Waals surface area contributed by atoms with Crippen LogP contribution in [0.5, 0.6) is 0 Å². The first-order valence-corrected chi connectivity index (χ1v) is 7.79. The number of hydrogen-bond acceptors (Lipinski definition) is 1. The molecule has 1 heteroatoms. The molecule has 2 aromatic carbocycles. The maximum Gasteiger partial charge on any atom is 0.0405 e. The lowest BCUT2D eigenvalue weighted by molar-refractivity contribution is 0.814. The van der Waals surface area contributed by atoms with Crippen molar-refractivity contribution in [2.75, 3.05) is 11.9 Å². The van der Waals surface area contributed by atoms with Crippen molar-refractivity contribution in [3.05, 3.63) is 64.7 Å². The fourth-order valence-corrected chi connectivity index (χ4v) is 3.16. The summed E-state index contributed by atoms with van der Waals surface area (Å²) < 4.78 is 0. The van der Waals surface area contributed by atoms with Crippen LogP contribution in [0.1, 0.15) is 42.0 Å². The number of benzene rings is 2. The molecular weight excluding hydrogens is 242 g/mol. The Labute approximate surface area is 122 Å². The van der Waals surface area contributed by atoms with Crippen LogP contribution in [0.4, 0.5) is 5.69 Å². The highest BCUT2D eigenvalue weighted by molar-refractivity contribution is 5.61. The topological polar surface area (TPSA) is 12.0 Å². The molecule has 1 aliphatic heterocycles. The molecule has 1 aliphatic rings. The van der Waals surface area contributed by atoms with E-state index in [0.29, 0.717) is 0 Å². The molecule has 2 aromatic rings. The van der Waals surface area contributed by atoms with Gasteiger partial charge >= 0.3 is 0 Å². The van der Waals surface area contributed by atoms with Crippen LogP contribution in [-0.2, 0) is 19.3 Å². The molecule has 0 fully saturated rings. The van der Waals surface area contributed by atoms with E-state index in [4.69, 9.17) is 0 Å². The van der Waals surface area contributed by atoms with Crippen LogP contribution in [-0.4, -0.2) is 6.54 Å². The van der Waals surface area contributed by atoms with E-state index in [1.54, 1.807) is 0 Å². The van der Waals surface area contributed by atoms with Gasteiger partial charge in [-0.15, -0.1) is 0 Å². The lowest BCUT2D eigenvalue weighted by Crippen LogP contribution is -2.14. The Balaban J connectivity index is 1.93. The van der Waals surface area contributed by atoms with Gasteiger partial charge in [-0.2, -0.15) is 0 Å². The maximum absolute atomic E-state index is 3.61. The third-order valence-corrected chi connectivity index (χ3v) is 4.06. The van der Waals surface area contributed by atoms with E-state index in [1.165, 1.54) is 53.6 Å². The molecule has 1 N–H and O–H groups in total. The van der Waals surface area contributed by atoms with Gasteiger partial charge in [0.1, 0.15) is 0 Å². The molecule has 20 heavy (non-hydrogen) atoms. The van der Waals surface area contributed by atoms with Crippen LogP contribution in [0.3, 0.4) is 0 Å². The van der Waals surface area contributed by atoms with E-state index in [1.807, 2.05) is 0 Å². The number of hydrogen-bond donors (Lipinski definition) is 1. The lowest BCUT2D eigenvalue weighted by atomic mass is 9.92. The van der Waals surface area contributed by atoms with Crippen molar-refractivity contribution in [1.29, 1.82) is 0 Å². The van der Waals surface area contributed by atoms with Crippen molar-refractivity contribution in [1.82, 2.24) is 0 Å². The largest absolute Gasteiger partial charge is 0.385 e. The summed E-state index contributed by atoms with van der Waals surface area (Å²) in [6.45, 7) is 3.39. The Hall–Kier alpha value is -1.76. The Morgan fingerprint density at radius 2 is 1.90 bits per heavy atom. The monoisotopic (exact) mass is 265 g/mol. The molecule has 1 nitrogen and oxygen atoms in total. The van der Waals surface area contributed by atoms with Crippen molar-refractivity contribution in [3.63, 3.8) is 0 Å². The molecule has 0 radical (unpaired) electrons. The van der Waals surface area contributed by atoms with E-state index >= 15 is 0 Å². The average Bonchev–Trinajstić information content (AvgIpc) is 2.49. The zero-order valence-electron chi connectivity index (χ0n) is 12.3. The summed E-state index contributed by atoms with van der Waals surface area (Å²) in [5.74, 6) is 0. The van der Waals surface area contributed by atoms with E-state index in [9.17, 15) is 0 Å². The van der Waals surface area contributed by atoms with Crippen LogP contribution in [0.15, 0.2) is 42.5 Å². The quantitative estimate of drug-likeness (QED) is 0.852. The zero-order chi connectivity index (χ0) is 13.8. The average molecular weight is 265 g/mol. The number of aryl methyl sites for hydroxylation is 2. The Kier molecular flexibility index (Phi) is 4.05. The van der Waals surface area contributed by atoms with Crippen molar-refractivity contribution in [3.8, 4) is 0 Å². The van der Waals surface area contributed by atoms with Gasteiger partial charge < -0.3 is 5.32 Å². The minimum Gasteiger partial charge on any atom is -0.385 e. The van der Waals surface area contributed by atoms with Gasteiger partial charge in [-0.25, -0.2) is 0 Å². The van der Waals surface area contributed by atoms with Crippen LogP contribution >= 0.6 is 0 Å². The number of nitrogens with one attached hydrogen (secondary N) is 1. The minimum atomic E-state index is 1.05. The molecule has 0 saturated heterocycles. The van der Waals surface area contributed by atoms with Crippen LogP contribution in [0.2, 0.25) is 0 Å². The van der Waals surface area contributed by atoms with Gasteiger partial charge in [0.25, 0.3) is 0 Å². The summed E-state index contributed by atoms with van der Waals surface area (Å²) in [6, 6.07) is 15.6. The SMILES string of the molecule is CCCc1cc(Cc2ccccc2)cc2c1NCCC2. The summed E-state index contributed by atoms with van der Waals surface area (Å²) in [7, 11) is 0. The lowest BCUT2D eigenvalue weighted by Gasteiger charge is -2.23. The Morgan fingerprint density at radius 3 is 2.70 bits per heavy atom. The number of anilines is 1. The van der Waals surface area contributed by atoms with Crippen molar-refractivity contribution in [2.24, 2.45) is 0 Å². The highest BCUT2D eigenvalue weighted by atomic mass is 14.9.